The number of benzene rings is 1. The second-order valence-electron chi connectivity index (χ2n) is 4.29. The van der Waals surface area contributed by atoms with Gasteiger partial charge in [0.2, 0.25) is 5.56 Å². The molecule has 0 unspecified atom stereocenters. The van der Waals surface area contributed by atoms with Crippen molar-refractivity contribution in [2.24, 2.45) is 7.05 Å². The first kappa shape index (κ1) is 14.8. The molecule has 1 heterocycles. The Bertz CT molecular complexity index is 713. The molecule has 1 aromatic heterocycles. The minimum Gasteiger partial charge on any atom is -0.348 e. The zero-order valence-corrected chi connectivity index (χ0v) is 13.0. The number of hydrogen-bond acceptors (Lipinski definition) is 2. The molecule has 6 heteroatoms. The van der Waals surface area contributed by atoms with E-state index in [1.807, 2.05) is 12.1 Å². The monoisotopic (exact) mass is 354 g/mol. The number of rotatable bonds is 3. The van der Waals surface area contributed by atoms with Crippen LogP contribution in [-0.2, 0) is 13.6 Å². The molecule has 4 nitrogen and oxygen atoms in total. The maximum atomic E-state index is 12.0. The largest absolute Gasteiger partial charge is 0.348 e. The minimum atomic E-state index is -0.250. The molecule has 2 rings (SSSR count). The van der Waals surface area contributed by atoms with E-state index in [-0.39, 0.29) is 11.5 Å². The van der Waals surface area contributed by atoms with Crippen molar-refractivity contribution in [2.75, 3.05) is 0 Å². The zero-order valence-electron chi connectivity index (χ0n) is 10.7. The normalized spacial score (nSPS) is 10.3. The van der Waals surface area contributed by atoms with Crippen molar-refractivity contribution in [3.63, 3.8) is 0 Å². The van der Waals surface area contributed by atoms with Crippen molar-refractivity contribution in [2.45, 2.75) is 6.54 Å². The van der Waals surface area contributed by atoms with Crippen molar-refractivity contribution in [3.05, 3.63) is 67.5 Å². The summed E-state index contributed by atoms with van der Waals surface area (Å²) in [5.41, 5.74) is 1.10. The van der Waals surface area contributed by atoms with Gasteiger partial charge in [-0.1, -0.05) is 33.6 Å². The second kappa shape index (κ2) is 6.24. The summed E-state index contributed by atoms with van der Waals surface area (Å²) < 4.78 is 2.25. The first-order valence-corrected chi connectivity index (χ1v) is 7.03. The topological polar surface area (TPSA) is 51.1 Å². The molecule has 0 bridgehead atoms. The molecular formula is C14H12BrClN2O2. The summed E-state index contributed by atoms with van der Waals surface area (Å²) in [7, 11) is 1.60. The number of aryl methyl sites for hydroxylation is 1. The summed E-state index contributed by atoms with van der Waals surface area (Å²) in [5.74, 6) is -0.250. The molecule has 1 amide bonds. The van der Waals surface area contributed by atoms with E-state index in [0.29, 0.717) is 17.1 Å². The maximum absolute atomic E-state index is 12.0. The fourth-order valence-electron chi connectivity index (χ4n) is 1.67. The Morgan fingerprint density at radius 3 is 2.75 bits per heavy atom. The van der Waals surface area contributed by atoms with Gasteiger partial charge in [-0.15, -0.1) is 0 Å². The summed E-state index contributed by atoms with van der Waals surface area (Å²) in [6, 6.07) is 8.34. The van der Waals surface area contributed by atoms with E-state index in [1.165, 1.54) is 22.9 Å². The lowest BCUT2D eigenvalue weighted by Crippen LogP contribution is -2.25. The quantitative estimate of drug-likeness (QED) is 0.920. The molecule has 1 N–H and O–H groups in total. The molecular weight excluding hydrogens is 344 g/mol. The SMILES string of the molecule is Cn1cc(C(=O)NCc2ccc(Br)cc2Cl)ccc1=O. The van der Waals surface area contributed by atoms with Gasteiger partial charge in [0.25, 0.3) is 5.91 Å². The Morgan fingerprint density at radius 1 is 1.35 bits per heavy atom. The lowest BCUT2D eigenvalue weighted by Gasteiger charge is -2.08. The Balaban J connectivity index is 2.08. The molecule has 0 fully saturated rings. The van der Waals surface area contributed by atoms with Crippen LogP contribution in [0.1, 0.15) is 15.9 Å². The summed E-state index contributed by atoms with van der Waals surface area (Å²) in [5, 5.41) is 3.35. The van der Waals surface area contributed by atoms with E-state index in [4.69, 9.17) is 11.6 Å². The van der Waals surface area contributed by atoms with Gasteiger partial charge in [0.15, 0.2) is 0 Å². The average molecular weight is 356 g/mol. The molecule has 0 aliphatic heterocycles. The predicted molar refractivity (Wildman–Crippen MR) is 82.0 cm³/mol. The highest BCUT2D eigenvalue weighted by molar-refractivity contribution is 9.10. The number of nitrogens with zero attached hydrogens (tertiary/aromatic N) is 1. The van der Waals surface area contributed by atoms with Crippen LogP contribution in [0.25, 0.3) is 0 Å². The molecule has 0 saturated heterocycles. The Kier molecular flexibility index (Phi) is 4.62. The third-order valence-corrected chi connectivity index (χ3v) is 3.65. The second-order valence-corrected chi connectivity index (χ2v) is 5.61. The molecule has 0 aliphatic carbocycles. The molecule has 1 aromatic carbocycles. The fraction of sp³-hybridized carbons (Fsp3) is 0.143. The van der Waals surface area contributed by atoms with Crippen LogP contribution in [0.15, 0.2) is 45.8 Å². The van der Waals surface area contributed by atoms with Crippen molar-refractivity contribution >= 4 is 33.4 Å². The van der Waals surface area contributed by atoms with Gasteiger partial charge in [-0.2, -0.15) is 0 Å². The minimum absolute atomic E-state index is 0.155. The predicted octanol–water partition coefficient (Wildman–Crippen LogP) is 2.73. The van der Waals surface area contributed by atoms with Crippen molar-refractivity contribution in [1.82, 2.24) is 9.88 Å². The van der Waals surface area contributed by atoms with Gasteiger partial charge in [0.05, 0.1) is 5.56 Å². The molecule has 0 aliphatic rings. The number of amides is 1. The Morgan fingerprint density at radius 2 is 2.10 bits per heavy atom. The van der Waals surface area contributed by atoms with Gasteiger partial charge in [-0.3, -0.25) is 9.59 Å². The van der Waals surface area contributed by atoms with Gasteiger partial charge in [0.1, 0.15) is 0 Å². The summed E-state index contributed by atoms with van der Waals surface area (Å²) in [6.45, 7) is 0.327. The maximum Gasteiger partial charge on any atom is 0.253 e. The van der Waals surface area contributed by atoms with E-state index in [2.05, 4.69) is 21.2 Å². The van der Waals surface area contributed by atoms with E-state index < -0.39 is 0 Å². The summed E-state index contributed by atoms with van der Waals surface area (Å²) in [6.07, 6.45) is 1.50. The molecule has 0 spiro atoms. The van der Waals surface area contributed by atoms with Gasteiger partial charge in [0, 0.05) is 35.4 Å². The van der Waals surface area contributed by atoms with Gasteiger partial charge < -0.3 is 9.88 Å². The highest BCUT2D eigenvalue weighted by atomic mass is 79.9. The van der Waals surface area contributed by atoms with Crippen LogP contribution in [0, 0.1) is 0 Å². The van der Waals surface area contributed by atoms with Crippen LogP contribution in [0.3, 0.4) is 0 Å². The van der Waals surface area contributed by atoms with Crippen LogP contribution >= 0.6 is 27.5 Å². The number of hydrogen-bond donors (Lipinski definition) is 1. The fourth-order valence-corrected chi connectivity index (χ4v) is 2.41. The highest BCUT2D eigenvalue weighted by Gasteiger charge is 2.08. The molecule has 2 aromatic rings. The van der Waals surface area contributed by atoms with E-state index in [1.54, 1.807) is 13.1 Å². The van der Waals surface area contributed by atoms with E-state index in [9.17, 15) is 9.59 Å². The average Bonchev–Trinajstić information content (AvgIpc) is 2.40. The first-order chi connectivity index (χ1) is 9.47. The lowest BCUT2D eigenvalue weighted by molar-refractivity contribution is 0.0950. The summed E-state index contributed by atoms with van der Waals surface area (Å²) >= 11 is 9.40. The standard InChI is InChI=1S/C14H12BrClN2O2/c1-18-8-10(3-5-13(18)19)14(20)17-7-9-2-4-11(15)6-12(9)16/h2-6,8H,7H2,1H3,(H,17,20). The third-order valence-electron chi connectivity index (χ3n) is 2.80. The van der Waals surface area contributed by atoms with E-state index in [0.717, 1.165) is 10.0 Å². The highest BCUT2D eigenvalue weighted by Crippen LogP contribution is 2.21. The van der Waals surface area contributed by atoms with E-state index >= 15 is 0 Å². The Labute approximate surface area is 129 Å². The number of aromatic nitrogens is 1. The number of pyridine rings is 1. The van der Waals surface area contributed by atoms with Gasteiger partial charge >= 0.3 is 0 Å². The molecule has 0 atom stereocenters. The molecule has 104 valence electrons. The molecule has 20 heavy (non-hydrogen) atoms. The van der Waals surface area contributed by atoms with Crippen molar-refractivity contribution < 1.29 is 4.79 Å². The smallest absolute Gasteiger partial charge is 0.253 e. The van der Waals surface area contributed by atoms with Gasteiger partial charge in [-0.25, -0.2) is 0 Å². The van der Waals surface area contributed by atoms with Crippen LogP contribution in [-0.4, -0.2) is 10.5 Å². The van der Waals surface area contributed by atoms with Crippen LogP contribution in [0.5, 0.6) is 0 Å². The Hall–Kier alpha value is -1.59. The zero-order chi connectivity index (χ0) is 14.7. The lowest BCUT2D eigenvalue weighted by atomic mass is 10.2. The van der Waals surface area contributed by atoms with Crippen LogP contribution < -0.4 is 10.9 Å². The van der Waals surface area contributed by atoms with Gasteiger partial charge in [-0.05, 0) is 23.8 Å². The number of carbonyl (C=O) groups is 1. The first-order valence-electron chi connectivity index (χ1n) is 5.86. The van der Waals surface area contributed by atoms with Crippen LogP contribution in [0.4, 0.5) is 0 Å². The van der Waals surface area contributed by atoms with Crippen molar-refractivity contribution in [3.8, 4) is 0 Å². The number of halogens is 2. The summed E-state index contributed by atoms with van der Waals surface area (Å²) in [4.78, 5) is 23.2. The number of nitrogens with one attached hydrogen (secondary N) is 1. The third kappa shape index (κ3) is 3.49. The van der Waals surface area contributed by atoms with Crippen molar-refractivity contribution in [1.29, 1.82) is 0 Å². The number of carbonyl (C=O) groups excluding carboxylic acids is 1. The molecule has 0 saturated carbocycles. The molecule has 0 radical (unpaired) electrons. The van der Waals surface area contributed by atoms with Crippen LogP contribution in [0.2, 0.25) is 5.02 Å².